The summed E-state index contributed by atoms with van der Waals surface area (Å²) in [5.74, 6) is 0.660. The van der Waals surface area contributed by atoms with Crippen LogP contribution in [0.5, 0.6) is 0 Å². The number of hydrogen-bond acceptors (Lipinski definition) is 4. The molecule has 56 valence electrons. The quantitative estimate of drug-likeness (QED) is 0.368. The maximum atomic E-state index is 5.56. The molecule has 0 bridgehead atoms. The molecule has 0 unspecified atom stereocenters. The van der Waals surface area contributed by atoms with Gasteiger partial charge in [-0.15, -0.1) is 0 Å². The van der Waals surface area contributed by atoms with Crippen LogP contribution in [0.1, 0.15) is 0 Å². The molecule has 1 rings (SSSR count). The summed E-state index contributed by atoms with van der Waals surface area (Å²) in [6.45, 7) is 1.76. The van der Waals surface area contributed by atoms with Gasteiger partial charge in [0.25, 0.3) is 0 Å². The minimum absolute atomic E-state index is 0.660. The highest BCUT2D eigenvalue weighted by molar-refractivity contribution is 5.22. The Morgan fingerprint density at radius 3 is 2.60 bits per heavy atom. The summed E-state index contributed by atoms with van der Waals surface area (Å²) >= 11 is 0. The molecule has 0 saturated carbocycles. The molecular weight excluding hydrogens is 128 g/mol. The SMILES string of the molecule is N/C=C\C1=C(N)NCCN1. The third-order valence-corrected chi connectivity index (χ3v) is 1.31. The highest BCUT2D eigenvalue weighted by Crippen LogP contribution is 1.96. The van der Waals surface area contributed by atoms with Crippen molar-refractivity contribution in [2.45, 2.75) is 0 Å². The molecule has 0 aromatic rings. The van der Waals surface area contributed by atoms with E-state index in [0.29, 0.717) is 5.82 Å². The number of nitrogens with one attached hydrogen (secondary N) is 2. The van der Waals surface area contributed by atoms with Crippen molar-refractivity contribution in [2.75, 3.05) is 13.1 Å². The third kappa shape index (κ3) is 1.34. The lowest BCUT2D eigenvalue weighted by atomic mass is 10.3. The van der Waals surface area contributed by atoms with Gasteiger partial charge in [-0.2, -0.15) is 0 Å². The largest absolute Gasteiger partial charge is 0.405 e. The van der Waals surface area contributed by atoms with E-state index < -0.39 is 0 Å². The molecule has 0 fully saturated rings. The van der Waals surface area contributed by atoms with Crippen LogP contribution >= 0.6 is 0 Å². The average molecular weight is 140 g/mol. The second kappa shape index (κ2) is 3.00. The van der Waals surface area contributed by atoms with Crippen molar-refractivity contribution in [3.8, 4) is 0 Å². The van der Waals surface area contributed by atoms with Crippen LogP contribution in [0.3, 0.4) is 0 Å². The predicted octanol–water partition coefficient (Wildman–Crippen LogP) is -1.22. The number of nitrogens with two attached hydrogens (primary N) is 2. The van der Waals surface area contributed by atoms with Gasteiger partial charge in [-0.1, -0.05) is 0 Å². The van der Waals surface area contributed by atoms with Crippen LogP contribution in [0.25, 0.3) is 0 Å². The monoisotopic (exact) mass is 140 g/mol. The molecule has 0 amide bonds. The first-order valence-corrected chi connectivity index (χ1v) is 3.20. The van der Waals surface area contributed by atoms with Gasteiger partial charge in [-0.05, 0) is 12.3 Å². The van der Waals surface area contributed by atoms with Gasteiger partial charge >= 0.3 is 0 Å². The maximum Gasteiger partial charge on any atom is 0.120 e. The first-order valence-electron chi connectivity index (χ1n) is 3.20. The van der Waals surface area contributed by atoms with Crippen molar-refractivity contribution in [1.82, 2.24) is 10.6 Å². The average Bonchev–Trinajstić information content (AvgIpc) is 1.94. The summed E-state index contributed by atoms with van der Waals surface area (Å²) in [4.78, 5) is 0. The van der Waals surface area contributed by atoms with Crippen molar-refractivity contribution in [3.63, 3.8) is 0 Å². The van der Waals surface area contributed by atoms with Crippen LogP contribution in [0.4, 0.5) is 0 Å². The van der Waals surface area contributed by atoms with E-state index in [1.54, 1.807) is 6.08 Å². The minimum Gasteiger partial charge on any atom is -0.405 e. The Kier molecular flexibility index (Phi) is 2.04. The van der Waals surface area contributed by atoms with E-state index in [9.17, 15) is 0 Å². The van der Waals surface area contributed by atoms with Crippen LogP contribution in [-0.2, 0) is 0 Å². The zero-order chi connectivity index (χ0) is 7.40. The van der Waals surface area contributed by atoms with Gasteiger partial charge in [0.15, 0.2) is 0 Å². The summed E-state index contributed by atoms with van der Waals surface area (Å²) in [7, 11) is 0. The highest BCUT2D eigenvalue weighted by atomic mass is 15.1. The molecule has 4 nitrogen and oxygen atoms in total. The third-order valence-electron chi connectivity index (χ3n) is 1.31. The van der Waals surface area contributed by atoms with Crippen LogP contribution < -0.4 is 22.1 Å². The van der Waals surface area contributed by atoms with E-state index in [2.05, 4.69) is 10.6 Å². The molecule has 0 atom stereocenters. The van der Waals surface area contributed by atoms with Gasteiger partial charge in [0.05, 0.1) is 5.70 Å². The van der Waals surface area contributed by atoms with Crippen molar-refractivity contribution in [3.05, 3.63) is 23.8 Å². The number of rotatable bonds is 1. The molecule has 1 aliphatic rings. The van der Waals surface area contributed by atoms with E-state index in [4.69, 9.17) is 11.5 Å². The van der Waals surface area contributed by atoms with E-state index in [1.165, 1.54) is 6.20 Å². The number of hydrogen-bond donors (Lipinski definition) is 4. The summed E-state index contributed by atoms with van der Waals surface area (Å²) in [6, 6.07) is 0. The lowest BCUT2D eigenvalue weighted by Gasteiger charge is -2.18. The van der Waals surface area contributed by atoms with E-state index in [0.717, 1.165) is 18.8 Å². The van der Waals surface area contributed by atoms with Crippen molar-refractivity contribution in [2.24, 2.45) is 11.5 Å². The summed E-state index contributed by atoms with van der Waals surface area (Å²) < 4.78 is 0. The second-order valence-electron chi connectivity index (χ2n) is 2.04. The normalized spacial score (nSPS) is 18.8. The Hall–Kier alpha value is -1.32. The Morgan fingerprint density at radius 2 is 2.00 bits per heavy atom. The molecular formula is C6H12N4. The molecule has 0 spiro atoms. The van der Waals surface area contributed by atoms with Crippen molar-refractivity contribution in [1.29, 1.82) is 0 Å². The van der Waals surface area contributed by atoms with E-state index in [-0.39, 0.29) is 0 Å². The molecule has 1 heterocycles. The lowest BCUT2D eigenvalue weighted by molar-refractivity contribution is 0.655. The Labute approximate surface area is 60.0 Å². The maximum absolute atomic E-state index is 5.56. The second-order valence-corrected chi connectivity index (χ2v) is 2.04. The van der Waals surface area contributed by atoms with Gasteiger partial charge in [0, 0.05) is 13.1 Å². The Bertz CT molecular complexity index is 171. The minimum atomic E-state index is 0.660. The molecule has 0 aliphatic carbocycles. The van der Waals surface area contributed by atoms with Crippen LogP contribution in [0.2, 0.25) is 0 Å². The van der Waals surface area contributed by atoms with Gasteiger partial charge in [0.1, 0.15) is 5.82 Å². The Morgan fingerprint density at radius 1 is 1.30 bits per heavy atom. The zero-order valence-electron chi connectivity index (χ0n) is 5.72. The summed E-state index contributed by atoms with van der Waals surface area (Å²) in [5, 5.41) is 6.10. The van der Waals surface area contributed by atoms with Gasteiger partial charge in [-0.25, -0.2) is 0 Å². The van der Waals surface area contributed by atoms with Crippen LogP contribution in [-0.4, -0.2) is 13.1 Å². The van der Waals surface area contributed by atoms with Crippen LogP contribution in [0, 0.1) is 0 Å². The lowest BCUT2D eigenvalue weighted by Crippen LogP contribution is -2.38. The molecule has 4 heteroatoms. The van der Waals surface area contributed by atoms with Crippen molar-refractivity contribution < 1.29 is 0 Å². The molecule has 10 heavy (non-hydrogen) atoms. The van der Waals surface area contributed by atoms with Gasteiger partial charge in [-0.3, -0.25) is 0 Å². The highest BCUT2D eigenvalue weighted by Gasteiger charge is 2.03. The standard InChI is InChI=1S/C6H12N4/c7-2-1-5-6(8)10-4-3-9-5/h1-2,9-10H,3-4,7-8H2/b2-1-. The molecule has 6 N–H and O–H groups in total. The topological polar surface area (TPSA) is 76.1 Å². The number of allylic oxidation sites excluding steroid dienone is 1. The van der Waals surface area contributed by atoms with Crippen LogP contribution in [0.15, 0.2) is 23.8 Å². The summed E-state index contributed by atoms with van der Waals surface area (Å²) in [5.41, 5.74) is 11.6. The van der Waals surface area contributed by atoms with Gasteiger partial charge < -0.3 is 22.1 Å². The molecule has 0 aromatic heterocycles. The molecule has 0 saturated heterocycles. The zero-order valence-corrected chi connectivity index (χ0v) is 5.72. The fourth-order valence-corrected chi connectivity index (χ4v) is 0.830. The smallest absolute Gasteiger partial charge is 0.120 e. The Balaban J connectivity index is 2.68. The fraction of sp³-hybridized carbons (Fsp3) is 0.333. The molecule has 0 radical (unpaired) electrons. The van der Waals surface area contributed by atoms with Gasteiger partial charge in [0.2, 0.25) is 0 Å². The summed E-state index contributed by atoms with van der Waals surface area (Å²) in [6.07, 6.45) is 3.20. The van der Waals surface area contributed by atoms with E-state index >= 15 is 0 Å². The first-order chi connectivity index (χ1) is 4.84. The fourth-order valence-electron chi connectivity index (χ4n) is 0.830. The molecule has 1 aliphatic heterocycles. The van der Waals surface area contributed by atoms with Crippen molar-refractivity contribution >= 4 is 0 Å². The first kappa shape index (κ1) is 6.80. The predicted molar refractivity (Wildman–Crippen MR) is 40.5 cm³/mol. The van der Waals surface area contributed by atoms with E-state index in [1.807, 2.05) is 0 Å². The molecule has 0 aromatic carbocycles.